The van der Waals surface area contributed by atoms with Crippen molar-refractivity contribution in [1.29, 1.82) is 0 Å². The van der Waals surface area contributed by atoms with Crippen molar-refractivity contribution in [3.63, 3.8) is 0 Å². The van der Waals surface area contributed by atoms with Crippen LogP contribution >= 0.6 is 15.9 Å². The lowest BCUT2D eigenvalue weighted by atomic mass is 10.2. The van der Waals surface area contributed by atoms with Crippen molar-refractivity contribution < 1.29 is 14.6 Å². The van der Waals surface area contributed by atoms with E-state index in [4.69, 9.17) is 0 Å². The van der Waals surface area contributed by atoms with Crippen LogP contribution in [-0.4, -0.2) is 28.2 Å². The number of hydrogen-bond donors (Lipinski definition) is 1. The Bertz CT molecular complexity index is 315. The normalized spacial score (nSPS) is 12.2. The molecule has 5 nitrogen and oxygen atoms in total. The fourth-order valence-electron chi connectivity index (χ4n) is 0.827. The van der Waals surface area contributed by atoms with Gasteiger partial charge in [-0.25, -0.2) is 9.97 Å². The monoisotopic (exact) mass is 260 g/mol. The van der Waals surface area contributed by atoms with Crippen molar-refractivity contribution in [2.24, 2.45) is 0 Å². The topological polar surface area (TPSA) is 72.3 Å². The molecule has 0 aromatic carbocycles. The number of aromatic nitrogens is 2. The number of carbonyl (C=O) groups is 1. The molecule has 0 aliphatic heterocycles. The molecular formula is C8H9BrN2O3. The molecule has 1 unspecified atom stereocenters. The van der Waals surface area contributed by atoms with Crippen LogP contribution in [-0.2, 0) is 9.53 Å². The van der Waals surface area contributed by atoms with Gasteiger partial charge in [-0.15, -0.1) is 0 Å². The van der Waals surface area contributed by atoms with Gasteiger partial charge in [0.05, 0.1) is 18.0 Å². The average Bonchev–Trinajstić information content (AvgIpc) is 2.18. The van der Waals surface area contributed by atoms with Gasteiger partial charge in [-0.3, -0.25) is 4.79 Å². The van der Waals surface area contributed by atoms with Crippen molar-refractivity contribution in [3.8, 4) is 0 Å². The van der Waals surface area contributed by atoms with E-state index in [2.05, 4.69) is 30.6 Å². The number of esters is 1. The third-order valence-corrected chi connectivity index (χ3v) is 1.94. The van der Waals surface area contributed by atoms with Crippen LogP contribution in [0.2, 0.25) is 0 Å². The molecule has 0 aliphatic carbocycles. The Kier molecular flexibility index (Phi) is 3.97. The van der Waals surface area contributed by atoms with Crippen LogP contribution in [0.5, 0.6) is 0 Å². The Morgan fingerprint density at radius 2 is 2.21 bits per heavy atom. The van der Waals surface area contributed by atoms with Crippen LogP contribution in [0.3, 0.4) is 0 Å². The van der Waals surface area contributed by atoms with E-state index in [9.17, 15) is 9.90 Å². The third-order valence-electron chi connectivity index (χ3n) is 1.53. The zero-order valence-electron chi connectivity index (χ0n) is 7.48. The highest BCUT2D eigenvalue weighted by molar-refractivity contribution is 9.10. The van der Waals surface area contributed by atoms with Crippen LogP contribution in [0.15, 0.2) is 16.9 Å². The zero-order chi connectivity index (χ0) is 10.6. The smallest absolute Gasteiger partial charge is 0.308 e. The number of aliphatic hydroxyl groups is 1. The molecule has 1 N–H and O–H groups in total. The predicted molar refractivity (Wildman–Crippen MR) is 51.3 cm³/mol. The lowest BCUT2D eigenvalue weighted by molar-refractivity contribution is -0.143. The molecule has 0 saturated carbocycles. The highest BCUT2D eigenvalue weighted by atomic mass is 79.9. The molecule has 0 bridgehead atoms. The second-order valence-corrected chi connectivity index (χ2v) is 3.47. The lowest BCUT2D eigenvalue weighted by Crippen LogP contribution is -2.10. The molecule has 1 atom stereocenters. The molecule has 1 aromatic heterocycles. The number of ether oxygens (including phenoxy) is 1. The van der Waals surface area contributed by atoms with E-state index in [0.717, 1.165) is 0 Å². The molecule has 0 spiro atoms. The molecule has 1 aromatic rings. The van der Waals surface area contributed by atoms with Gasteiger partial charge in [0.1, 0.15) is 6.10 Å². The van der Waals surface area contributed by atoms with Crippen LogP contribution in [0, 0.1) is 0 Å². The minimum absolute atomic E-state index is 0.141. The van der Waals surface area contributed by atoms with Crippen molar-refractivity contribution in [3.05, 3.63) is 22.7 Å². The predicted octanol–water partition coefficient (Wildman–Crippen LogP) is 0.836. The van der Waals surface area contributed by atoms with Gasteiger partial charge in [0, 0.05) is 12.4 Å². The van der Waals surface area contributed by atoms with Crippen LogP contribution in [0.1, 0.15) is 18.3 Å². The van der Waals surface area contributed by atoms with E-state index in [1.165, 1.54) is 19.5 Å². The summed E-state index contributed by atoms with van der Waals surface area (Å²) in [6.07, 6.45) is 1.85. The van der Waals surface area contributed by atoms with E-state index < -0.39 is 12.1 Å². The summed E-state index contributed by atoms with van der Waals surface area (Å²) in [5.74, 6) is -0.289. The van der Waals surface area contributed by atoms with Crippen molar-refractivity contribution in [2.45, 2.75) is 12.5 Å². The molecule has 0 aliphatic rings. The van der Waals surface area contributed by atoms with Crippen molar-refractivity contribution in [1.82, 2.24) is 9.97 Å². The second-order valence-electron chi connectivity index (χ2n) is 2.56. The van der Waals surface area contributed by atoms with Crippen molar-refractivity contribution in [2.75, 3.05) is 7.11 Å². The van der Waals surface area contributed by atoms with Crippen LogP contribution in [0.4, 0.5) is 0 Å². The Morgan fingerprint density at radius 1 is 1.64 bits per heavy atom. The SMILES string of the molecule is COC(=O)CC(O)c1ncc(Br)cn1. The van der Waals surface area contributed by atoms with Gasteiger partial charge >= 0.3 is 5.97 Å². The first kappa shape index (κ1) is 11.1. The molecule has 76 valence electrons. The number of rotatable bonds is 3. The largest absolute Gasteiger partial charge is 0.469 e. The molecule has 1 rings (SSSR count). The Morgan fingerprint density at radius 3 is 2.71 bits per heavy atom. The van der Waals surface area contributed by atoms with Crippen LogP contribution in [0.25, 0.3) is 0 Å². The molecule has 14 heavy (non-hydrogen) atoms. The number of methoxy groups -OCH3 is 1. The van der Waals surface area contributed by atoms with E-state index in [0.29, 0.717) is 4.47 Å². The zero-order valence-corrected chi connectivity index (χ0v) is 9.06. The fourth-order valence-corrected chi connectivity index (χ4v) is 1.03. The summed E-state index contributed by atoms with van der Waals surface area (Å²) in [7, 11) is 1.26. The van der Waals surface area contributed by atoms with E-state index in [1.54, 1.807) is 0 Å². The second kappa shape index (κ2) is 5.02. The van der Waals surface area contributed by atoms with Gasteiger partial charge in [0.15, 0.2) is 5.82 Å². The third kappa shape index (κ3) is 3.04. The van der Waals surface area contributed by atoms with Gasteiger partial charge in [-0.1, -0.05) is 0 Å². The summed E-state index contributed by atoms with van der Waals surface area (Å²) in [6.45, 7) is 0. The van der Waals surface area contributed by atoms with Gasteiger partial charge in [0.2, 0.25) is 0 Å². The number of carbonyl (C=O) groups excluding carboxylic acids is 1. The number of aliphatic hydroxyl groups excluding tert-OH is 1. The fraction of sp³-hybridized carbons (Fsp3) is 0.375. The van der Waals surface area contributed by atoms with Crippen LogP contribution < -0.4 is 0 Å². The van der Waals surface area contributed by atoms with E-state index in [-0.39, 0.29) is 12.2 Å². The maximum atomic E-state index is 10.8. The lowest BCUT2D eigenvalue weighted by Gasteiger charge is -2.06. The van der Waals surface area contributed by atoms with Crippen molar-refractivity contribution >= 4 is 21.9 Å². The number of hydrogen-bond acceptors (Lipinski definition) is 5. The standard InChI is InChI=1S/C8H9BrN2O3/c1-14-7(13)2-6(12)8-10-3-5(9)4-11-8/h3-4,6,12H,2H2,1H3. The number of halogens is 1. The summed E-state index contributed by atoms with van der Waals surface area (Å²) in [4.78, 5) is 18.5. The molecule has 1 heterocycles. The van der Waals surface area contributed by atoms with Gasteiger partial charge in [-0.05, 0) is 15.9 Å². The van der Waals surface area contributed by atoms with Gasteiger partial charge in [-0.2, -0.15) is 0 Å². The van der Waals surface area contributed by atoms with E-state index >= 15 is 0 Å². The molecule has 0 radical (unpaired) electrons. The first-order valence-corrected chi connectivity index (χ1v) is 4.65. The van der Waals surface area contributed by atoms with E-state index in [1.807, 2.05) is 0 Å². The minimum atomic E-state index is -1.02. The molecule has 0 amide bonds. The quantitative estimate of drug-likeness (QED) is 0.816. The summed E-state index contributed by atoms with van der Waals surface area (Å²) in [5, 5.41) is 9.47. The summed E-state index contributed by atoms with van der Waals surface area (Å²) < 4.78 is 5.12. The Labute approximate surface area is 89.3 Å². The summed E-state index contributed by atoms with van der Waals surface area (Å²) in [5.41, 5.74) is 0. The summed E-state index contributed by atoms with van der Waals surface area (Å²) >= 11 is 3.16. The average molecular weight is 261 g/mol. The van der Waals surface area contributed by atoms with Gasteiger partial charge < -0.3 is 9.84 Å². The first-order chi connectivity index (χ1) is 6.63. The molecule has 0 fully saturated rings. The minimum Gasteiger partial charge on any atom is -0.469 e. The highest BCUT2D eigenvalue weighted by Crippen LogP contribution is 2.13. The summed E-state index contributed by atoms with van der Waals surface area (Å²) in [6, 6.07) is 0. The first-order valence-electron chi connectivity index (χ1n) is 3.86. The maximum absolute atomic E-state index is 10.8. The molecule has 0 saturated heterocycles. The molecular weight excluding hydrogens is 252 g/mol. The van der Waals surface area contributed by atoms with Gasteiger partial charge in [0.25, 0.3) is 0 Å². The number of nitrogens with zero attached hydrogens (tertiary/aromatic N) is 2. The maximum Gasteiger partial charge on any atom is 0.308 e. The Balaban J connectivity index is 2.65. The Hall–Kier alpha value is -1.01. The highest BCUT2D eigenvalue weighted by Gasteiger charge is 2.15. The molecule has 6 heteroatoms.